The van der Waals surface area contributed by atoms with Crippen molar-refractivity contribution in [2.24, 2.45) is 0 Å². The van der Waals surface area contributed by atoms with E-state index in [4.69, 9.17) is 5.11 Å². The van der Waals surface area contributed by atoms with Gasteiger partial charge in [-0.2, -0.15) is 0 Å². The van der Waals surface area contributed by atoms with Crippen LogP contribution in [0.2, 0.25) is 0 Å². The first-order chi connectivity index (χ1) is 6.27. The zero-order valence-electron chi connectivity index (χ0n) is 7.81. The molecule has 1 rings (SSSR count). The quantitative estimate of drug-likeness (QED) is 0.763. The van der Waals surface area contributed by atoms with Crippen molar-refractivity contribution in [2.45, 2.75) is 31.8 Å². The molecule has 0 saturated carbocycles. The van der Waals surface area contributed by atoms with Gasteiger partial charge in [-0.1, -0.05) is 13.0 Å². The molecule has 2 N–H and O–H groups in total. The van der Waals surface area contributed by atoms with E-state index < -0.39 is 6.10 Å². The fraction of sp³-hybridized carbons (Fsp3) is 0.600. The van der Waals surface area contributed by atoms with Crippen LogP contribution in [-0.4, -0.2) is 22.9 Å². The van der Waals surface area contributed by atoms with Gasteiger partial charge in [0.1, 0.15) is 0 Å². The molecular weight excluding hydrogens is 184 g/mol. The van der Waals surface area contributed by atoms with E-state index in [-0.39, 0.29) is 6.61 Å². The maximum Gasteiger partial charge on any atom is 0.0777 e. The Morgan fingerprint density at radius 3 is 2.77 bits per heavy atom. The molecule has 2 unspecified atom stereocenters. The minimum absolute atomic E-state index is 0.137. The molecule has 3 heteroatoms. The van der Waals surface area contributed by atoms with Crippen molar-refractivity contribution in [3.63, 3.8) is 0 Å². The lowest BCUT2D eigenvalue weighted by Crippen LogP contribution is -2.15. The smallest absolute Gasteiger partial charge is 0.0777 e. The first-order valence-electron chi connectivity index (χ1n) is 4.60. The summed E-state index contributed by atoms with van der Waals surface area (Å²) in [5, 5.41) is 20.1. The van der Waals surface area contributed by atoms with Crippen LogP contribution in [0.5, 0.6) is 0 Å². The SMILES string of the molecule is CCC(CC(O)CO)c1cccs1. The molecule has 0 aromatic carbocycles. The number of hydrogen-bond donors (Lipinski definition) is 2. The Balaban J connectivity index is 2.53. The van der Waals surface area contributed by atoms with Gasteiger partial charge in [0, 0.05) is 4.88 Å². The Kier molecular flexibility index (Phi) is 4.42. The first kappa shape index (κ1) is 10.7. The molecule has 0 aliphatic carbocycles. The Morgan fingerprint density at radius 1 is 1.54 bits per heavy atom. The van der Waals surface area contributed by atoms with Crippen LogP contribution in [0.25, 0.3) is 0 Å². The number of aliphatic hydroxyl groups is 2. The van der Waals surface area contributed by atoms with Crippen LogP contribution in [-0.2, 0) is 0 Å². The largest absolute Gasteiger partial charge is 0.394 e. The predicted octanol–water partition coefficient (Wildman–Crippen LogP) is 1.98. The van der Waals surface area contributed by atoms with Gasteiger partial charge >= 0.3 is 0 Å². The Morgan fingerprint density at radius 2 is 2.31 bits per heavy atom. The summed E-state index contributed by atoms with van der Waals surface area (Å²) in [7, 11) is 0. The fourth-order valence-corrected chi connectivity index (χ4v) is 2.34. The molecule has 1 aromatic heterocycles. The van der Waals surface area contributed by atoms with Crippen LogP contribution < -0.4 is 0 Å². The predicted molar refractivity (Wildman–Crippen MR) is 55.1 cm³/mol. The molecule has 0 spiro atoms. The zero-order valence-corrected chi connectivity index (χ0v) is 8.63. The Hall–Kier alpha value is -0.380. The third-order valence-corrected chi connectivity index (χ3v) is 3.24. The number of aliphatic hydroxyl groups excluding tert-OH is 2. The molecular formula is C10H16O2S. The van der Waals surface area contributed by atoms with E-state index in [0.29, 0.717) is 12.3 Å². The van der Waals surface area contributed by atoms with E-state index >= 15 is 0 Å². The third kappa shape index (κ3) is 3.10. The second kappa shape index (κ2) is 5.37. The molecule has 13 heavy (non-hydrogen) atoms. The maximum atomic E-state index is 9.31. The van der Waals surface area contributed by atoms with E-state index in [1.54, 1.807) is 11.3 Å². The van der Waals surface area contributed by atoms with E-state index in [2.05, 4.69) is 13.0 Å². The van der Waals surface area contributed by atoms with Crippen molar-refractivity contribution in [2.75, 3.05) is 6.61 Å². The van der Waals surface area contributed by atoms with Gasteiger partial charge in [-0.3, -0.25) is 0 Å². The lowest BCUT2D eigenvalue weighted by Gasteiger charge is -2.15. The average Bonchev–Trinajstić information content (AvgIpc) is 2.66. The minimum Gasteiger partial charge on any atom is -0.394 e. The lowest BCUT2D eigenvalue weighted by molar-refractivity contribution is 0.0820. The standard InChI is InChI=1S/C10H16O2S/c1-2-8(6-9(12)7-11)10-4-3-5-13-10/h3-5,8-9,11-12H,2,6-7H2,1H3. The van der Waals surface area contributed by atoms with Gasteiger partial charge in [0.15, 0.2) is 0 Å². The maximum absolute atomic E-state index is 9.31. The van der Waals surface area contributed by atoms with E-state index in [0.717, 1.165) is 6.42 Å². The first-order valence-corrected chi connectivity index (χ1v) is 5.48. The monoisotopic (exact) mass is 200 g/mol. The highest BCUT2D eigenvalue weighted by Gasteiger charge is 2.14. The minimum atomic E-state index is -0.577. The number of hydrogen-bond acceptors (Lipinski definition) is 3. The number of thiophene rings is 1. The van der Waals surface area contributed by atoms with Gasteiger partial charge in [0.05, 0.1) is 12.7 Å². The van der Waals surface area contributed by atoms with Gasteiger partial charge in [-0.15, -0.1) is 11.3 Å². The highest BCUT2D eigenvalue weighted by Crippen LogP contribution is 2.28. The molecule has 0 bridgehead atoms. The highest BCUT2D eigenvalue weighted by molar-refractivity contribution is 7.10. The van der Waals surface area contributed by atoms with Crippen molar-refractivity contribution in [3.8, 4) is 0 Å². The third-order valence-electron chi connectivity index (χ3n) is 2.21. The van der Waals surface area contributed by atoms with Crippen molar-refractivity contribution in [1.29, 1.82) is 0 Å². The highest BCUT2D eigenvalue weighted by atomic mass is 32.1. The molecule has 0 amide bonds. The molecule has 2 atom stereocenters. The van der Waals surface area contributed by atoms with Gasteiger partial charge in [-0.25, -0.2) is 0 Å². The van der Waals surface area contributed by atoms with Gasteiger partial charge in [0.25, 0.3) is 0 Å². The summed E-state index contributed by atoms with van der Waals surface area (Å²) < 4.78 is 0. The topological polar surface area (TPSA) is 40.5 Å². The summed E-state index contributed by atoms with van der Waals surface area (Å²) in [5.74, 6) is 0.391. The zero-order chi connectivity index (χ0) is 9.68. The van der Waals surface area contributed by atoms with E-state index in [9.17, 15) is 5.11 Å². The van der Waals surface area contributed by atoms with Crippen LogP contribution >= 0.6 is 11.3 Å². The lowest BCUT2D eigenvalue weighted by atomic mass is 9.97. The molecule has 2 nitrogen and oxygen atoms in total. The summed E-state index contributed by atoms with van der Waals surface area (Å²) in [6, 6.07) is 4.11. The second-order valence-electron chi connectivity index (χ2n) is 3.19. The Bertz CT molecular complexity index is 221. The summed E-state index contributed by atoms with van der Waals surface area (Å²) >= 11 is 1.72. The summed E-state index contributed by atoms with van der Waals surface area (Å²) in [5.41, 5.74) is 0. The second-order valence-corrected chi connectivity index (χ2v) is 4.17. The van der Waals surface area contributed by atoms with E-state index in [1.165, 1.54) is 4.88 Å². The van der Waals surface area contributed by atoms with Crippen LogP contribution in [0.4, 0.5) is 0 Å². The molecule has 1 aromatic rings. The Labute approximate surface area is 82.8 Å². The van der Waals surface area contributed by atoms with Gasteiger partial charge in [0.2, 0.25) is 0 Å². The van der Waals surface area contributed by atoms with Gasteiger partial charge in [-0.05, 0) is 30.2 Å². The molecule has 0 aliphatic rings. The molecule has 0 saturated heterocycles. The number of rotatable bonds is 5. The fourth-order valence-electron chi connectivity index (χ4n) is 1.41. The van der Waals surface area contributed by atoms with Crippen LogP contribution in [0.3, 0.4) is 0 Å². The molecule has 74 valence electrons. The van der Waals surface area contributed by atoms with Crippen molar-refractivity contribution in [3.05, 3.63) is 22.4 Å². The van der Waals surface area contributed by atoms with Crippen molar-refractivity contribution in [1.82, 2.24) is 0 Å². The van der Waals surface area contributed by atoms with Gasteiger partial charge < -0.3 is 10.2 Å². The van der Waals surface area contributed by atoms with Crippen molar-refractivity contribution >= 4 is 11.3 Å². The van der Waals surface area contributed by atoms with Crippen LogP contribution in [0.15, 0.2) is 17.5 Å². The van der Waals surface area contributed by atoms with Crippen LogP contribution in [0, 0.1) is 0 Å². The van der Waals surface area contributed by atoms with Crippen LogP contribution in [0.1, 0.15) is 30.6 Å². The summed E-state index contributed by atoms with van der Waals surface area (Å²) in [6.07, 6.45) is 1.09. The normalized spacial score (nSPS) is 15.6. The molecule has 0 fully saturated rings. The summed E-state index contributed by atoms with van der Waals surface area (Å²) in [4.78, 5) is 1.30. The molecule has 1 heterocycles. The van der Waals surface area contributed by atoms with Crippen molar-refractivity contribution < 1.29 is 10.2 Å². The summed E-state index contributed by atoms with van der Waals surface area (Å²) in [6.45, 7) is 1.97. The molecule has 0 aliphatic heterocycles. The molecule has 0 radical (unpaired) electrons. The average molecular weight is 200 g/mol. The van der Waals surface area contributed by atoms with E-state index in [1.807, 2.05) is 11.4 Å².